The maximum atomic E-state index is 13.1. The second kappa shape index (κ2) is 8.94. The molecular formula is C25H27NO6. The van der Waals surface area contributed by atoms with Crippen LogP contribution in [-0.4, -0.2) is 47.6 Å². The molecule has 2 aromatic rings. The Labute approximate surface area is 187 Å². The number of ketones is 1. The van der Waals surface area contributed by atoms with Crippen LogP contribution >= 0.6 is 0 Å². The molecule has 2 aromatic carbocycles. The number of nitrogens with zero attached hydrogens (tertiary/aromatic N) is 1. The Bertz CT molecular complexity index is 1070. The first-order chi connectivity index (χ1) is 15.4. The van der Waals surface area contributed by atoms with Crippen LogP contribution in [0.4, 0.5) is 0 Å². The number of carbonyl (C=O) groups is 2. The number of para-hydroxylation sites is 1. The number of aliphatic hydroxyl groups is 1. The van der Waals surface area contributed by atoms with E-state index in [-0.39, 0.29) is 17.4 Å². The van der Waals surface area contributed by atoms with Crippen LogP contribution in [0.5, 0.6) is 17.2 Å². The van der Waals surface area contributed by atoms with E-state index in [4.69, 9.17) is 14.2 Å². The topological polar surface area (TPSA) is 85.3 Å². The highest BCUT2D eigenvalue weighted by molar-refractivity contribution is 6.46. The van der Waals surface area contributed by atoms with Gasteiger partial charge < -0.3 is 24.2 Å². The molecule has 7 heteroatoms. The Hall–Kier alpha value is -3.48. The molecule has 2 heterocycles. The predicted molar refractivity (Wildman–Crippen MR) is 119 cm³/mol. The van der Waals surface area contributed by atoms with E-state index in [0.717, 1.165) is 0 Å². The molecule has 0 spiro atoms. The quantitative estimate of drug-likeness (QED) is 0.417. The van der Waals surface area contributed by atoms with E-state index >= 15 is 0 Å². The van der Waals surface area contributed by atoms with E-state index < -0.39 is 17.7 Å². The number of hydrogen-bond donors (Lipinski definition) is 1. The second-order valence-electron chi connectivity index (χ2n) is 8.06. The summed E-state index contributed by atoms with van der Waals surface area (Å²) in [5, 5.41) is 11.2. The zero-order chi connectivity index (χ0) is 22.8. The number of amides is 1. The molecule has 7 nitrogen and oxygen atoms in total. The van der Waals surface area contributed by atoms with Crippen LogP contribution in [0.15, 0.2) is 48.0 Å². The van der Waals surface area contributed by atoms with Crippen LogP contribution in [0, 0.1) is 0 Å². The van der Waals surface area contributed by atoms with Crippen molar-refractivity contribution < 1.29 is 28.9 Å². The van der Waals surface area contributed by atoms with Gasteiger partial charge in [-0.25, -0.2) is 0 Å². The molecule has 168 valence electrons. The summed E-state index contributed by atoms with van der Waals surface area (Å²) in [6.07, 6.45) is 0.572. The van der Waals surface area contributed by atoms with Gasteiger partial charge in [0.05, 0.1) is 17.7 Å². The highest BCUT2D eigenvalue weighted by Crippen LogP contribution is 2.43. The third-order valence-electron chi connectivity index (χ3n) is 5.40. The fraction of sp³-hybridized carbons (Fsp3) is 0.360. The van der Waals surface area contributed by atoms with Crippen molar-refractivity contribution in [3.63, 3.8) is 0 Å². The van der Waals surface area contributed by atoms with Crippen molar-refractivity contribution in [2.24, 2.45) is 0 Å². The third kappa shape index (κ3) is 3.90. The highest BCUT2D eigenvalue weighted by Gasteiger charge is 2.46. The van der Waals surface area contributed by atoms with E-state index in [1.165, 1.54) is 4.90 Å². The standard InChI is InChI=1S/C25H27NO6/c1-4-11-26-22(17-7-5-6-8-18(17)32-15(2)3)21(24(28)25(26)29)23(27)16-9-10-19-20(14-16)31-13-12-30-19/h5-10,14-15,22,27H,4,11-13H2,1-3H3/b23-21+. The summed E-state index contributed by atoms with van der Waals surface area (Å²) in [7, 11) is 0. The minimum Gasteiger partial charge on any atom is -0.507 e. The van der Waals surface area contributed by atoms with Gasteiger partial charge in [-0.2, -0.15) is 0 Å². The SMILES string of the molecule is CCCN1C(=O)C(=O)/C(=C(/O)c2ccc3c(c2)OCCO3)C1c1ccccc1OC(C)C. The van der Waals surface area contributed by atoms with E-state index in [2.05, 4.69) is 0 Å². The van der Waals surface area contributed by atoms with Gasteiger partial charge in [0, 0.05) is 17.7 Å². The molecule has 0 saturated carbocycles. The maximum absolute atomic E-state index is 13.1. The number of aliphatic hydroxyl groups excluding tert-OH is 1. The molecule has 2 aliphatic rings. The van der Waals surface area contributed by atoms with Crippen molar-refractivity contribution in [2.45, 2.75) is 39.3 Å². The van der Waals surface area contributed by atoms with Gasteiger partial charge in [0.2, 0.25) is 0 Å². The van der Waals surface area contributed by atoms with Gasteiger partial charge in [-0.05, 0) is 44.5 Å². The van der Waals surface area contributed by atoms with Crippen molar-refractivity contribution in [3.8, 4) is 17.2 Å². The van der Waals surface area contributed by atoms with Crippen LogP contribution in [0.2, 0.25) is 0 Å². The molecule has 0 aromatic heterocycles. The first kappa shape index (κ1) is 21.7. The summed E-state index contributed by atoms with van der Waals surface area (Å²) in [6, 6.07) is 11.5. The molecule has 1 N–H and O–H groups in total. The van der Waals surface area contributed by atoms with Crippen molar-refractivity contribution in [3.05, 3.63) is 59.2 Å². The minimum atomic E-state index is -0.752. The van der Waals surface area contributed by atoms with Crippen LogP contribution in [-0.2, 0) is 9.59 Å². The molecule has 0 bridgehead atoms. The summed E-state index contributed by atoms with van der Waals surface area (Å²) >= 11 is 0. The largest absolute Gasteiger partial charge is 0.507 e. The molecule has 32 heavy (non-hydrogen) atoms. The number of rotatable bonds is 6. The van der Waals surface area contributed by atoms with Crippen LogP contribution in [0.25, 0.3) is 5.76 Å². The van der Waals surface area contributed by atoms with Crippen LogP contribution < -0.4 is 14.2 Å². The Morgan fingerprint density at radius 1 is 1.12 bits per heavy atom. The van der Waals surface area contributed by atoms with E-state index in [0.29, 0.717) is 54.6 Å². The number of likely N-dealkylation sites (tertiary alicyclic amines) is 1. The Balaban J connectivity index is 1.87. The molecule has 1 amide bonds. The maximum Gasteiger partial charge on any atom is 0.295 e. The lowest BCUT2D eigenvalue weighted by molar-refractivity contribution is -0.139. The average Bonchev–Trinajstić information content (AvgIpc) is 3.03. The predicted octanol–water partition coefficient (Wildman–Crippen LogP) is 4.08. The number of ether oxygens (including phenoxy) is 3. The lowest BCUT2D eigenvalue weighted by atomic mass is 9.94. The molecular weight excluding hydrogens is 410 g/mol. The van der Waals surface area contributed by atoms with Gasteiger partial charge in [0.25, 0.3) is 11.7 Å². The van der Waals surface area contributed by atoms with Crippen molar-refractivity contribution >= 4 is 17.4 Å². The molecule has 1 fully saturated rings. The number of Topliss-reactive ketones (excluding diaryl/α,β-unsaturated/α-hetero) is 1. The molecule has 1 saturated heterocycles. The molecule has 4 rings (SSSR count). The normalized spacial score (nSPS) is 19.5. The summed E-state index contributed by atoms with van der Waals surface area (Å²) in [6.45, 7) is 6.99. The van der Waals surface area contributed by atoms with Gasteiger partial charge in [-0.3, -0.25) is 9.59 Å². The minimum absolute atomic E-state index is 0.0416. The first-order valence-electron chi connectivity index (χ1n) is 10.9. The van der Waals surface area contributed by atoms with Crippen molar-refractivity contribution in [1.29, 1.82) is 0 Å². The second-order valence-corrected chi connectivity index (χ2v) is 8.06. The molecule has 1 atom stereocenters. The number of fused-ring (bicyclic) bond motifs is 1. The smallest absolute Gasteiger partial charge is 0.295 e. The van der Waals surface area contributed by atoms with E-state index in [9.17, 15) is 14.7 Å². The lowest BCUT2D eigenvalue weighted by Gasteiger charge is -2.27. The summed E-state index contributed by atoms with van der Waals surface area (Å²) in [5.74, 6) is 0.0481. The van der Waals surface area contributed by atoms with Gasteiger partial charge in [-0.1, -0.05) is 25.1 Å². The van der Waals surface area contributed by atoms with Crippen molar-refractivity contribution in [1.82, 2.24) is 4.90 Å². The number of carbonyl (C=O) groups excluding carboxylic acids is 2. The Kier molecular flexibility index (Phi) is 6.08. The van der Waals surface area contributed by atoms with Gasteiger partial charge in [-0.15, -0.1) is 0 Å². The van der Waals surface area contributed by atoms with Gasteiger partial charge in [0.1, 0.15) is 24.7 Å². The zero-order valence-electron chi connectivity index (χ0n) is 18.5. The molecule has 0 radical (unpaired) electrons. The fourth-order valence-corrected chi connectivity index (χ4v) is 4.09. The lowest BCUT2D eigenvalue weighted by Crippen LogP contribution is -2.30. The number of benzene rings is 2. The number of hydrogen-bond acceptors (Lipinski definition) is 6. The monoisotopic (exact) mass is 437 g/mol. The highest BCUT2D eigenvalue weighted by atomic mass is 16.6. The van der Waals surface area contributed by atoms with E-state index in [1.54, 1.807) is 18.2 Å². The first-order valence-corrected chi connectivity index (χ1v) is 10.9. The fourth-order valence-electron chi connectivity index (χ4n) is 4.09. The third-order valence-corrected chi connectivity index (χ3v) is 5.40. The summed E-state index contributed by atoms with van der Waals surface area (Å²) in [5.41, 5.74) is 1.09. The molecule has 2 aliphatic heterocycles. The van der Waals surface area contributed by atoms with Crippen LogP contribution in [0.1, 0.15) is 44.4 Å². The van der Waals surface area contributed by atoms with E-state index in [1.807, 2.05) is 45.0 Å². The molecule has 0 aliphatic carbocycles. The van der Waals surface area contributed by atoms with Crippen molar-refractivity contribution in [2.75, 3.05) is 19.8 Å². The Morgan fingerprint density at radius 3 is 2.56 bits per heavy atom. The Morgan fingerprint density at radius 2 is 1.84 bits per heavy atom. The average molecular weight is 437 g/mol. The summed E-state index contributed by atoms with van der Waals surface area (Å²) < 4.78 is 17.1. The zero-order valence-corrected chi connectivity index (χ0v) is 18.5. The van der Waals surface area contributed by atoms with Gasteiger partial charge in [0.15, 0.2) is 11.5 Å². The molecule has 1 unspecified atom stereocenters. The van der Waals surface area contributed by atoms with Crippen LogP contribution in [0.3, 0.4) is 0 Å². The summed E-state index contributed by atoms with van der Waals surface area (Å²) in [4.78, 5) is 27.6. The van der Waals surface area contributed by atoms with Gasteiger partial charge >= 0.3 is 0 Å².